The standard InChI is InChI=1S/C12H13NO5S/c1-19(16,17)18-8-4-7-13-11(14)9-5-2-3-6-10(9)12(13)15/h2-3,5-6H,4,7-8H2,1H3. The van der Waals surface area contributed by atoms with E-state index in [4.69, 9.17) is 0 Å². The molecule has 2 amide bonds. The Morgan fingerprint density at radius 2 is 1.63 bits per heavy atom. The number of amides is 2. The van der Waals surface area contributed by atoms with Crippen molar-refractivity contribution in [1.29, 1.82) is 0 Å². The van der Waals surface area contributed by atoms with E-state index < -0.39 is 10.1 Å². The first-order valence-electron chi connectivity index (χ1n) is 5.70. The van der Waals surface area contributed by atoms with Crippen molar-refractivity contribution >= 4 is 21.9 Å². The Labute approximate surface area is 111 Å². The molecule has 6 nitrogen and oxygen atoms in total. The van der Waals surface area contributed by atoms with Crippen molar-refractivity contribution in [2.75, 3.05) is 19.4 Å². The predicted molar refractivity (Wildman–Crippen MR) is 67.2 cm³/mol. The first-order chi connectivity index (χ1) is 8.90. The topological polar surface area (TPSA) is 80.8 Å². The molecule has 0 bridgehead atoms. The maximum Gasteiger partial charge on any atom is 0.264 e. The van der Waals surface area contributed by atoms with Crippen LogP contribution in [0.4, 0.5) is 0 Å². The average molecular weight is 283 g/mol. The van der Waals surface area contributed by atoms with Crippen molar-refractivity contribution < 1.29 is 22.2 Å². The molecule has 0 saturated carbocycles. The molecule has 1 aromatic rings. The first kappa shape index (κ1) is 13.7. The van der Waals surface area contributed by atoms with Gasteiger partial charge in [-0.1, -0.05) is 12.1 Å². The number of benzene rings is 1. The predicted octanol–water partition coefficient (Wildman–Crippen LogP) is 0.649. The number of carbonyl (C=O) groups is 2. The summed E-state index contributed by atoms with van der Waals surface area (Å²) >= 11 is 0. The lowest BCUT2D eigenvalue weighted by Crippen LogP contribution is -2.31. The van der Waals surface area contributed by atoms with E-state index in [9.17, 15) is 18.0 Å². The van der Waals surface area contributed by atoms with E-state index in [1.807, 2.05) is 0 Å². The van der Waals surface area contributed by atoms with Crippen LogP contribution in [-0.2, 0) is 14.3 Å². The fourth-order valence-electron chi connectivity index (χ4n) is 1.88. The molecule has 0 atom stereocenters. The second kappa shape index (κ2) is 5.10. The van der Waals surface area contributed by atoms with E-state index in [1.54, 1.807) is 24.3 Å². The van der Waals surface area contributed by atoms with Crippen LogP contribution in [0.3, 0.4) is 0 Å². The molecule has 1 aliphatic heterocycles. The van der Waals surface area contributed by atoms with Crippen molar-refractivity contribution in [1.82, 2.24) is 4.90 Å². The molecule has 0 aliphatic carbocycles. The zero-order valence-corrected chi connectivity index (χ0v) is 11.1. The lowest BCUT2D eigenvalue weighted by atomic mass is 10.1. The Morgan fingerprint density at radius 1 is 1.11 bits per heavy atom. The minimum Gasteiger partial charge on any atom is -0.274 e. The number of nitrogens with zero attached hydrogens (tertiary/aromatic N) is 1. The minimum atomic E-state index is -3.49. The van der Waals surface area contributed by atoms with Crippen LogP contribution in [0, 0.1) is 0 Å². The normalized spacial score (nSPS) is 14.9. The van der Waals surface area contributed by atoms with Gasteiger partial charge in [-0.3, -0.25) is 18.7 Å². The highest BCUT2D eigenvalue weighted by atomic mass is 32.2. The smallest absolute Gasteiger partial charge is 0.264 e. The summed E-state index contributed by atoms with van der Waals surface area (Å²) in [5.74, 6) is -0.695. The largest absolute Gasteiger partial charge is 0.274 e. The third-order valence-electron chi connectivity index (χ3n) is 2.70. The van der Waals surface area contributed by atoms with Crippen molar-refractivity contribution in [3.8, 4) is 0 Å². The van der Waals surface area contributed by atoms with Gasteiger partial charge in [0.1, 0.15) is 0 Å². The van der Waals surface area contributed by atoms with Crippen LogP contribution in [0.1, 0.15) is 27.1 Å². The van der Waals surface area contributed by atoms with E-state index in [0.29, 0.717) is 11.1 Å². The molecule has 1 aliphatic rings. The Kier molecular flexibility index (Phi) is 3.68. The quantitative estimate of drug-likeness (QED) is 0.450. The number of fused-ring (bicyclic) bond motifs is 1. The second-order valence-corrected chi connectivity index (χ2v) is 5.83. The van der Waals surface area contributed by atoms with Crippen molar-refractivity contribution in [2.45, 2.75) is 6.42 Å². The van der Waals surface area contributed by atoms with Crippen LogP contribution in [0.15, 0.2) is 24.3 Å². The molecule has 0 radical (unpaired) electrons. The second-order valence-electron chi connectivity index (χ2n) is 4.19. The molecular weight excluding hydrogens is 270 g/mol. The van der Waals surface area contributed by atoms with Gasteiger partial charge in [0.25, 0.3) is 21.9 Å². The summed E-state index contributed by atoms with van der Waals surface area (Å²) < 4.78 is 26.1. The lowest BCUT2D eigenvalue weighted by Gasteiger charge is -2.13. The Balaban J connectivity index is 1.97. The van der Waals surface area contributed by atoms with Crippen LogP contribution in [0.2, 0.25) is 0 Å². The van der Waals surface area contributed by atoms with Gasteiger partial charge < -0.3 is 0 Å². The summed E-state index contributed by atoms with van der Waals surface area (Å²) in [7, 11) is -3.49. The van der Waals surface area contributed by atoms with Gasteiger partial charge in [-0.25, -0.2) is 0 Å². The number of rotatable bonds is 5. The average Bonchev–Trinajstić information content (AvgIpc) is 2.58. The summed E-state index contributed by atoms with van der Waals surface area (Å²) in [5, 5.41) is 0. The van der Waals surface area contributed by atoms with E-state index in [-0.39, 0.29) is 31.4 Å². The van der Waals surface area contributed by atoms with Gasteiger partial charge in [0.15, 0.2) is 0 Å². The van der Waals surface area contributed by atoms with Gasteiger partial charge in [0.05, 0.1) is 24.0 Å². The molecular formula is C12H13NO5S. The Morgan fingerprint density at radius 3 is 2.11 bits per heavy atom. The van der Waals surface area contributed by atoms with E-state index in [1.165, 1.54) is 0 Å². The Bertz CT molecular complexity index is 588. The van der Waals surface area contributed by atoms with Crippen LogP contribution in [0.25, 0.3) is 0 Å². The fraction of sp³-hybridized carbons (Fsp3) is 0.333. The summed E-state index contributed by atoms with van der Waals surface area (Å²) in [6.45, 7) is 0.0914. The molecule has 1 heterocycles. The molecule has 0 unspecified atom stereocenters. The van der Waals surface area contributed by atoms with Gasteiger partial charge >= 0.3 is 0 Å². The Hall–Kier alpha value is -1.73. The number of hydrogen-bond donors (Lipinski definition) is 0. The number of carbonyl (C=O) groups excluding carboxylic acids is 2. The van der Waals surface area contributed by atoms with Gasteiger partial charge in [-0.2, -0.15) is 8.42 Å². The van der Waals surface area contributed by atoms with Gasteiger partial charge in [-0.15, -0.1) is 0 Å². The van der Waals surface area contributed by atoms with Crippen molar-refractivity contribution in [2.24, 2.45) is 0 Å². The van der Waals surface area contributed by atoms with Gasteiger partial charge in [0, 0.05) is 6.54 Å². The van der Waals surface area contributed by atoms with E-state index in [2.05, 4.69) is 4.18 Å². The molecule has 102 valence electrons. The highest BCUT2D eigenvalue weighted by Crippen LogP contribution is 2.22. The van der Waals surface area contributed by atoms with Crippen molar-refractivity contribution in [3.63, 3.8) is 0 Å². The third kappa shape index (κ3) is 2.99. The maximum absolute atomic E-state index is 11.9. The van der Waals surface area contributed by atoms with Gasteiger partial charge in [-0.05, 0) is 18.6 Å². The third-order valence-corrected chi connectivity index (χ3v) is 3.30. The number of hydrogen-bond acceptors (Lipinski definition) is 5. The SMILES string of the molecule is CS(=O)(=O)OCCCN1C(=O)c2ccccc2C1=O. The van der Waals surface area contributed by atoms with Crippen molar-refractivity contribution in [3.05, 3.63) is 35.4 Å². The molecule has 0 N–H and O–H groups in total. The van der Waals surface area contributed by atoms with Crippen LogP contribution in [0.5, 0.6) is 0 Å². The zero-order valence-electron chi connectivity index (χ0n) is 10.3. The van der Waals surface area contributed by atoms with Crippen LogP contribution < -0.4 is 0 Å². The molecule has 0 spiro atoms. The zero-order chi connectivity index (χ0) is 14.0. The molecule has 0 aromatic heterocycles. The molecule has 2 rings (SSSR count). The molecule has 0 saturated heterocycles. The van der Waals surface area contributed by atoms with Crippen LogP contribution in [-0.4, -0.2) is 44.5 Å². The fourth-order valence-corrected chi connectivity index (χ4v) is 2.30. The molecule has 0 fully saturated rings. The molecule has 1 aromatic carbocycles. The lowest BCUT2D eigenvalue weighted by molar-refractivity contribution is 0.0647. The van der Waals surface area contributed by atoms with Gasteiger partial charge in [0.2, 0.25) is 0 Å². The first-order valence-corrected chi connectivity index (χ1v) is 7.51. The van der Waals surface area contributed by atoms with E-state index >= 15 is 0 Å². The van der Waals surface area contributed by atoms with Crippen LogP contribution >= 0.6 is 0 Å². The molecule has 7 heteroatoms. The summed E-state index contributed by atoms with van der Waals surface area (Å²) in [5.41, 5.74) is 0.771. The summed E-state index contributed by atoms with van der Waals surface area (Å²) in [4.78, 5) is 25.0. The monoisotopic (exact) mass is 283 g/mol. The summed E-state index contributed by atoms with van der Waals surface area (Å²) in [6, 6.07) is 6.59. The highest BCUT2D eigenvalue weighted by Gasteiger charge is 2.34. The minimum absolute atomic E-state index is 0.0494. The molecule has 19 heavy (non-hydrogen) atoms. The maximum atomic E-state index is 11.9. The number of imide groups is 1. The van der Waals surface area contributed by atoms with E-state index in [0.717, 1.165) is 11.2 Å². The summed E-state index contributed by atoms with van der Waals surface area (Å²) in [6.07, 6.45) is 1.23. The highest BCUT2D eigenvalue weighted by molar-refractivity contribution is 7.85.